The van der Waals surface area contributed by atoms with Crippen LogP contribution in [0.1, 0.15) is 40.5 Å². The predicted octanol–water partition coefficient (Wildman–Crippen LogP) is 0.637. The van der Waals surface area contributed by atoms with E-state index in [1.165, 1.54) is 0 Å². The maximum Gasteiger partial charge on any atom is 0.472 e. The van der Waals surface area contributed by atoms with Crippen LogP contribution in [-0.2, 0) is 32.6 Å². The van der Waals surface area contributed by atoms with E-state index < -0.39 is 44.2 Å². The van der Waals surface area contributed by atoms with Gasteiger partial charge in [0.05, 0.1) is 38.1 Å². The second-order valence-corrected chi connectivity index (χ2v) is 9.41. The van der Waals surface area contributed by atoms with Crippen LogP contribution < -0.4 is 0 Å². The van der Waals surface area contributed by atoms with Crippen LogP contribution in [0.2, 0.25) is 0 Å². The maximum atomic E-state index is 12.6. The first-order chi connectivity index (χ1) is 13.5. The second kappa shape index (κ2) is 10.6. The summed E-state index contributed by atoms with van der Waals surface area (Å²) < 4.78 is 45.4. The van der Waals surface area contributed by atoms with Crippen LogP contribution in [0.4, 0.5) is 0 Å². The molecule has 2 N–H and O–H groups in total. The van der Waals surface area contributed by atoms with E-state index >= 15 is 0 Å². The number of hydrogen-bond donors (Lipinski definition) is 2. The van der Waals surface area contributed by atoms with Crippen LogP contribution >= 0.6 is 7.82 Å². The van der Waals surface area contributed by atoms with Gasteiger partial charge in [-0.05, 0) is 40.5 Å². The zero-order chi connectivity index (χ0) is 21.8. The summed E-state index contributed by atoms with van der Waals surface area (Å²) in [6.07, 6.45) is -1.61. The summed E-state index contributed by atoms with van der Waals surface area (Å²) in [7, 11) is 7.10. The first-order valence-electron chi connectivity index (χ1n) is 9.84. The summed E-state index contributed by atoms with van der Waals surface area (Å²) in [5.41, 5.74) is -1.36. The number of aliphatic hydroxyl groups excluding tert-OH is 1. The van der Waals surface area contributed by atoms with Crippen molar-refractivity contribution in [2.75, 3.05) is 19.8 Å². The highest BCUT2D eigenvalue weighted by molar-refractivity contribution is 7.47. The third kappa shape index (κ3) is 7.30. The van der Waals surface area contributed by atoms with Gasteiger partial charge in [0, 0.05) is 12.0 Å². The molecule has 7 atom stereocenters. The summed E-state index contributed by atoms with van der Waals surface area (Å²) in [6, 6.07) is -1.31. The van der Waals surface area contributed by atoms with Crippen molar-refractivity contribution in [3.05, 3.63) is 0 Å². The summed E-state index contributed by atoms with van der Waals surface area (Å²) in [5.74, 6) is 0. The molecule has 164 valence electrons. The minimum absolute atomic E-state index is 0.0512. The third-order valence-corrected chi connectivity index (χ3v) is 5.68. The fraction of sp³-hybridized carbons (Fsp3) is 1.00. The summed E-state index contributed by atoms with van der Waals surface area (Å²) >= 11 is 0. The number of rotatable bonds is 11. The first-order valence-corrected chi connectivity index (χ1v) is 11.3. The summed E-state index contributed by atoms with van der Waals surface area (Å²) in [4.78, 5) is 10.2. The molecule has 9 nitrogen and oxygen atoms in total. The van der Waals surface area contributed by atoms with Crippen molar-refractivity contribution in [1.29, 1.82) is 0 Å². The largest absolute Gasteiger partial charge is 0.472 e. The van der Waals surface area contributed by atoms with E-state index in [0.29, 0.717) is 6.42 Å². The van der Waals surface area contributed by atoms with Crippen molar-refractivity contribution in [3.8, 4) is 0 Å². The van der Waals surface area contributed by atoms with Crippen molar-refractivity contribution >= 4 is 23.5 Å². The van der Waals surface area contributed by atoms with Gasteiger partial charge in [-0.2, -0.15) is 0 Å². The van der Waals surface area contributed by atoms with E-state index in [9.17, 15) is 14.6 Å². The fourth-order valence-corrected chi connectivity index (χ4v) is 4.35. The Balaban J connectivity index is 1.98. The topological polar surface area (TPSA) is 113 Å². The number of ether oxygens (including phenoxy) is 4. The van der Waals surface area contributed by atoms with Gasteiger partial charge in [0.2, 0.25) is 0 Å². The quantitative estimate of drug-likeness (QED) is 0.359. The molecule has 2 aliphatic rings. The molecule has 2 aliphatic heterocycles. The number of hydrogen-bond acceptors (Lipinski definition) is 8. The molecule has 0 amide bonds. The highest BCUT2D eigenvalue weighted by Crippen LogP contribution is 2.49. The Bertz CT molecular complexity index is 567. The molecule has 0 aromatic rings. The molecular formula is C17H31B2O9P. The molecule has 0 aromatic carbocycles. The first kappa shape index (κ1) is 25.3. The standard InChI is InChI=1S/C17H31B2O9P/c1-10(2)23-9-17(8-20)14(6-16(19)27-17)28-29(21,22)24-7-13-12(25-11(3)4)5-15(18)26-13/h10-16,20H,5-9H2,1-4H3,(H,21,22)/t12?,13-,14?,15-,16-,17-/m1/s1. The SMILES string of the molecule is [B][C@H]1CC(OC(C)C)[C@@H](COP(=O)(O)OC2C[C@H]([B])O[C@]2(CO)COC(C)C)O1. The van der Waals surface area contributed by atoms with Crippen molar-refractivity contribution < 1.29 is 42.6 Å². The smallest absolute Gasteiger partial charge is 0.393 e. The normalized spacial score (nSPS) is 37.4. The number of aliphatic hydroxyl groups is 1. The summed E-state index contributed by atoms with van der Waals surface area (Å²) in [5, 5.41) is 9.86. The molecule has 12 heteroatoms. The lowest BCUT2D eigenvalue weighted by molar-refractivity contribution is -0.144. The van der Waals surface area contributed by atoms with Crippen LogP contribution in [0.5, 0.6) is 0 Å². The highest BCUT2D eigenvalue weighted by atomic mass is 31.2. The Kier molecular flexibility index (Phi) is 9.22. The second-order valence-electron chi connectivity index (χ2n) is 8.01. The average molecular weight is 432 g/mol. The van der Waals surface area contributed by atoms with Gasteiger partial charge in [0.1, 0.15) is 33.5 Å². The molecule has 0 aliphatic carbocycles. The molecule has 4 radical (unpaired) electrons. The van der Waals surface area contributed by atoms with E-state index in [1.54, 1.807) is 0 Å². The van der Waals surface area contributed by atoms with Gasteiger partial charge in [-0.3, -0.25) is 9.05 Å². The molecule has 0 spiro atoms. The average Bonchev–Trinajstić information content (AvgIpc) is 3.09. The monoisotopic (exact) mass is 432 g/mol. The lowest BCUT2D eigenvalue weighted by Gasteiger charge is -2.33. The van der Waals surface area contributed by atoms with Crippen molar-refractivity contribution in [2.24, 2.45) is 0 Å². The Morgan fingerprint density at radius 1 is 1.17 bits per heavy atom. The van der Waals surface area contributed by atoms with E-state index in [2.05, 4.69) is 0 Å². The van der Waals surface area contributed by atoms with Crippen LogP contribution in [0.3, 0.4) is 0 Å². The lowest BCUT2D eigenvalue weighted by Crippen LogP contribution is -2.49. The highest BCUT2D eigenvalue weighted by Gasteiger charge is 2.51. The van der Waals surface area contributed by atoms with E-state index in [0.717, 1.165) is 0 Å². The van der Waals surface area contributed by atoms with Crippen molar-refractivity contribution in [1.82, 2.24) is 0 Å². The van der Waals surface area contributed by atoms with Gasteiger partial charge >= 0.3 is 7.82 Å². The molecule has 3 unspecified atom stereocenters. The molecule has 0 bridgehead atoms. The van der Waals surface area contributed by atoms with Crippen LogP contribution in [0.15, 0.2) is 0 Å². The molecule has 29 heavy (non-hydrogen) atoms. The molecule has 2 fully saturated rings. The van der Waals surface area contributed by atoms with Gasteiger partial charge in [0.15, 0.2) is 0 Å². The Morgan fingerprint density at radius 3 is 2.45 bits per heavy atom. The minimum atomic E-state index is -4.52. The minimum Gasteiger partial charge on any atom is -0.393 e. The zero-order valence-corrected chi connectivity index (χ0v) is 18.3. The predicted molar refractivity (Wildman–Crippen MR) is 106 cm³/mol. The molecule has 2 rings (SSSR count). The van der Waals surface area contributed by atoms with Crippen LogP contribution in [0.25, 0.3) is 0 Å². The summed E-state index contributed by atoms with van der Waals surface area (Å²) in [6.45, 7) is 6.59. The Hall–Kier alpha value is 0.0399. The van der Waals surface area contributed by atoms with Crippen LogP contribution in [-0.4, -0.2) is 93.6 Å². The van der Waals surface area contributed by atoms with E-state index in [1.807, 2.05) is 27.7 Å². The van der Waals surface area contributed by atoms with Gasteiger partial charge in [0.25, 0.3) is 0 Å². The van der Waals surface area contributed by atoms with Crippen LogP contribution in [0, 0.1) is 0 Å². The van der Waals surface area contributed by atoms with Crippen molar-refractivity contribution in [3.63, 3.8) is 0 Å². The van der Waals surface area contributed by atoms with Crippen molar-refractivity contribution in [2.45, 2.75) is 88.7 Å². The van der Waals surface area contributed by atoms with Gasteiger partial charge in [-0.25, -0.2) is 4.57 Å². The fourth-order valence-electron chi connectivity index (χ4n) is 3.36. The zero-order valence-electron chi connectivity index (χ0n) is 17.4. The molecule has 0 aromatic heterocycles. The molecule has 0 saturated carbocycles. The van der Waals surface area contributed by atoms with E-state index in [4.69, 9.17) is 43.7 Å². The Labute approximate surface area is 175 Å². The maximum absolute atomic E-state index is 12.6. The third-order valence-electron chi connectivity index (χ3n) is 4.69. The van der Waals surface area contributed by atoms with Gasteiger partial charge in [-0.1, -0.05) is 0 Å². The lowest BCUT2D eigenvalue weighted by atomic mass is 9.93. The molecular weight excluding hydrogens is 401 g/mol. The Morgan fingerprint density at radius 2 is 1.86 bits per heavy atom. The molecule has 2 saturated heterocycles. The number of phosphoric acid groups is 1. The van der Waals surface area contributed by atoms with Gasteiger partial charge in [-0.15, -0.1) is 0 Å². The van der Waals surface area contributed by atoms with E-state index in [-0.39, 0.29) is 37.9 Å². The number of phosphoric ester groups is 1. The molecule has 2 heterocycles. The van der Waals surface area contributed by atoms with Gasteiger partial charge < -0.3 is 28.9 Å².